The maximum atomic E-state index is 13.3. The fourth-order valence-electron chi connectivity index (χ4n) is 1.04. The summed E-state index contributed by atoms with van der Waals surface area (Å²) in [6.07, 6.45) is 0. The molecule has 0 saturated carbocycles. The molecule has 1 rings (SSSR count). The number of halogens is 1. The van der Waals surface area contributed by atoms with Gasteiger partial charge in [0, 0.05) is 6.54 Å². The molecule has 0 unspecified atom stereocenters. The molecule has 0 radical (unpaired) electrons. The summed E-state index contributed by atoms with van der Waals surface area (Å²) in [7, 11) is 0. The molecular formula is C10H14FN. The van der Waals surface area contributed by atoms with E-state index in [4.69, 9.17) is 5.73 Å². The standard InChI is InChI=1S/C10H14FN/c1-10(2,11)9-5-3-8(7-12)4-6-9/h3-6H,7,12H2,1-2H3. The molecule has 66 valence electrons. The van der Waals surface area contributed by atoms with Crippen LogP contribution in [0.15, 0.2) is 24.3 Å². The highest BCUT2D eigenvalue weighted by molar-refractivity contribution is 5.26. The lowest BCUT2D eigenvalue weighted by atomic mass is 9.99. The van der Waals surface area contributed by atoms with Crippen molar-refractivity contribution in [1.29, 1.82) is 0 Å². The van der Waals surface area contributed by atoms with Crippen LogP contribution in [0.25, 0.3) is 0 Å². The summed E-state index contributed by atoms with van der Waals surface area (Å²) in [5, 5.41) is 0. The lowest BCUT2D eigenvalue weighted by Gasteiger charge is -2.14. The van der Waals surface area contributed by atoms with Crippen molar-refractivity contribution in [3.05, 3.63) is 35.4 Å². The van der Waals surface area contributed by atoms with Crippen LogP contribution >= 0.6 is 0 Å². The van der Waals surface area contributed by atoms with Gasteiger partial charge in [-0.3, -0.25) is 0 Å². The van der Waals surface area contributed by atoms with E-state index in [-0.39, 0.29) is 0 Å². The zero-order valence-electron chi connectivity index (χ0n) is 7.47. The van der Waals surface area contributed by atoms with Crippen LogP contribution in [0.1, 0.15) is 25.0 Å². The zero-order chi connectivity index (χ0) is 9.19. The Hall–Kier alpha value is -0.890. The number of nitrogens with two attached hydrogens (primary N) is 1. The van der Waals surface area contributed by atoms with Crippen LogP contribution in [0.5, 0.6) is 0 Å². The van der Waals surface area contributed by atoms with Crippen LogP contribution in [0.4, 0.5) is 4.39 Å². The molecule has 1 aromatic rings. The van der Waals surface area contributed by atoms with Crippen molar-refractivity contribution in [2.75, 3.05) is 0 Å². The van der Waals surface area contributed by atoms with Gasteiger partial charge in [0.05, 0.1) is 0 Å². The third-order valence-electron chi connectivity index (χ3n) is 1.88. The minimum atomic E-state index is -1.26. The van der Waals surface area contributed by atoms with Gasteiger partial charge in [-0.15, -0.1) is 0 Å². The van der Waals surface area contributed by atoms with Gasteiger partial charge in [-0.05, 0) is 25.0 Å². The maximum Gasteiger partial charge on any atom is 0.130 e. The van der Waals surface area contributed by atoms with E-state index in [1.807, 2.05) is 12.1 Å². The van der Waals surface area contributed by atoms with Gasteiger partial charge in [-0.1, -0.05) is 24.3 Å². The smallest absolute Gasteiger partial charge is 0.130 e. The summed E-state index contributed by atoms with van der Waals surface area (Å²) < 4.78 is 13.3. The molecule has 2 N–H and O–H groups in total. The molecule has 1 nitrogen and oxygen atoms in total. The van der Waals surface area contributed by atoms with Crippen molar-refractivity contribution in [3.8, 4) is 0 Å². The molecule has 0 aliphatic heterocycles. The Morgan fingerprint density at radius 3 is 2.08 bits per heavy atom. The van der Waals surface area contributed by atoms with Crippen molar-refractivity contribution in [3.63, 3.8) is 0 Å². The first kappa shape index (κ1) is 9.20. The molecule has 0 aromatic heterocycles. The minimum absolute atomic E-state index is 0.507. The fourth-order valence-corrected chi connectivity index (χ4v) is 1.04. The topological polar surface area (TPSA) is 26.0 Å². The van der Waals surface area contributed by atoms with Crippen molar-refractivity contribution >= 4 is 0 Å². The Balaban J connectivity index is 2.93. The summed E-state index contributed by atoms with van der Waals surface area (Å²) in [6.45, 7) is 3.60. The molecule has 0 saturated heterocycles. The number of rotatable bonds is 2. The van der Waals surface area contributed by atoms with E-state index in [1.165, 1.54) is 0 Å². The molecule has 2 heteroatoms. The van der Waals surface area contributed by atoms with Gasteiger partial charge in [0.2, 0.25) is 0 Å². The molecule has 0 amide bonds. The van der Waals surface area contributed by atoms with Crippen LogP contribution in [-0.4, -0.2) is 0 Å². The second-order valence-electron chi connectivity index (χ2n) is 3.37. The normalized spacial score (nSPS) is 11.7. The van der Waals surface area contributed by atoms with Crippen molar-refractivity contribution < 1.29 is 4.39 Å². The SMILES string of the molecule is CC(C)(F)c1ccc(CN)cc1. The maximum absolute atomic E-state index is 13.3. The Bertz CT molecular complexity index is 246. The molecule has 0 atom stereocenters. The molecule has 1 aromatic carbocycles. The second-order valence-corrected chi connectivity index (χ2v) is 3.37. The van der Waals surface area contributed by atoms with Crippen molar-refractivity contribution in [1.82, 2.24) is 0 Å². The predicted molar refractivity (Wildman–Crippen MR) is 48.5 cm³/mol. The number of hydrogen-bond donors (Lipinski definition) is 1. The van der Waals surface area contributed by atoms with Crippen molar-refractivity contribution in [2.45, 2.75) is 26.1 Å². The van der Waals surface area contributed by atoms with Gasteiger partial charge >= 0.3 is 0 Å². The third-order valence-corrected chi connectivity index (χ3v) is 1.88. The Morgan fingerprint density at radius 1 is 1.25 bits per heavy atom. The highest BCUT2D eigenvalue weighted by Crippen LogP contribution is 2.24. The largest absolute Gasteiger partial charge is 0.326 e. The summed E-state index contributed by atoms with van der Waals surface area (Å²) in [6, 6.07) is 7.28. The van der Waals surface area contributed by atoms with E-state index in [9.17, 15) is 4.39 Å². The monoisotopic (exact) mass is 167 g/mol. The molecule has 0 spiro atoms. The quantitative estimate of drug-likeness (QED) is 0.718. The molecule has 0 bridgehead atoms. The predicted octanol–water partition coefficient (Wildman–Crippen LogP) is 2.35. The van der Waals surface area contributed by atoms with E-state index >= 15 is 0 Å². The summed E-state index contributed by atoms with van der Waals surface area (Å²) in [5.41, 5.74) is 5.88. The van der Waals surface area contributed by atoms with E-state index in [0.29, 0.717) is 12.1 Å². The average molecular weight is 167 g/mol. The summed E-state index contributed by atoms with van der Waals surface area (Å²) in [5.74, 6) is 0. The zero-order valence-corrected chi connectivity index (χ0v) is 7.47. The van der Waals surface area contributed by atoms with Gasteiger partial charge in [0.1, 0.15) is 5.67 Å². The summed E-state index contributed by atoms with van der Waals surface area (Å²) in [4.78, 5) is 0. The number of hydrogen-bond acceptors (Lipinski definition) is 1. The average Bonchev–Trinajstić information content (AvgIpc) is 2.03. The first-order valence-corrected chi connectivity index (χ1v) is 4.02. The second kappa shape index (κ2) is 3.23. The van der Waals surface area contributed by atoms with Gasteiger partial charge < -0.3 is 5.73 Å². The van der Waals surface area contributed by atoms with Crippen molar-refractivity contribution in [2.24, 2.45) is 5.73 Å². The highest BCUT2D eigenvalue weighted by Gasteiger charge is 2.17. The van der Waals surface area contributed by atoms with Gasteiger partial charge in [-0.25, -0.2) is 4.39 Å². The van der Waals surface area contributed by atoms with E-state index in [2.05, 4.69) is 0 Å². The van der Waals surface area contributed by atoms with Gasteiger partial charge in [-0.2, -0.15) is 0 Å². The van der Waals surface area contributed by atoms with Crippen LogP contribution in [0.3, 0.4) is 0 Å². The Kier molecular flexibility index (Phi) is 2.48. The third kappa shape index (κ3) is 2.05. The van der Waals surface area contributed by atoms with Gasteiger partial charge in [0.25, 0.3) is 0 Å². The lowest BCUT2D eigenvalue weighted by molar-refractivity contribution is 0.221. The molecule has 0 heterocycles. The lowest BCUT2D eigenvalue weighted by Crippen LogP contribution is -2.09. The van der Waals surface area contributed by atoms with Crippen LogP contribution in [0.2, 0.25) is 0 Å². The molecule has 12 heavy (non-hydrogen) atoms. The molecule has 0 fully saturated rings. The molecule has 0 aliphatic rings. The minimum Gasteiger partial charge on any atom is -0.326 e. The van der Waals surface area contributed by atoms with Crippen LogP contribution in [-0.2, 0) is 12.2 Å². The van der Waals surface area contributed by atoms with Crippen LogP contribution < -0.4 is 5.73 Å². The molecule has 0 aliphatic carbocycles. The first-order valence-electron chi connectivity index (χ1n) is 4.02. The van der Waals surface area contributed by atoms with E-state index in [1.54, 1.807) is 26.0 Å². The Morgan fingerprint density at radius 2 is 1.75 bits per heavy atom. The summed E-state index contributed by atoms with van der Waals surface area (Å²) >= 11 is 0. The van der Waals surface area contributed by atoms with Gasteiger partial charge in [0.15, 0.2) is 0 Å². The highest BCUT2D eigenvalue weighted by atomic mass is 19.1. The van der Waals surface area contributed by atoms with E-state index < -0.39 is 5.67 Å². The van der Waals surface area contributed by atoms with Crippen LogP contribution in [0, 0.1) is 0 Å². The number of benzene rings is 1. The fraction of sp³-hybridized carbons (Fsp3) is 0.400. The number of alkyl halides is 1. The Labute approximate surface area is 72.4 Å². The first-order chi connectivity index (χ1) is 5.54. The van der Waals surface area contributed by atoms with E-state index in [0.717, 1.165) is 5.56 Å². The molecular weight excluding hydrogens is 153 g/mol.